The van der Waals surface area contributed by atoms with Crippen LogP contribution >= 0.6 is 0 Å². The van der Waals surface area contributed by atoms with Gasteiger partial charge in [-0.3, -0.25) is 9.59 Å². The van der Waals surface area contributed by atoms with Crippen LogP contribution in [-0.2, 0) is 4.79 Å². The number of alkyl halides is 6. The lowest BCUT2D eigenvalue weighted by atomic mass is 10.2. The highest BCUT2D eigenvalue weighted by Gasteiger charge is 2.45. The van der Waals surface area contributed by atoms with Crippen molar-refractivity contribution in [2.75, 3.05) is 0 Å². The minimum Gasteiger partial charge on any atom is -0.289 e. The van der Waals surface area contributed by atoms with Gasteiger partial charge in [-0.05, 0) is 12.1 Å². The summed E-state index contributed by atoms with van der Waals surface area (Å²) in [5.41, 5.74) is -0.617. The second-order valence-corrected chi connectivity index (χ2v) is 3.96. The minimum atomic E-state index is -5.42. The summed E-state index contributed by atoms with van der Waals surface area (Å²) in [7, 11) is 0. The number of hydrogen-bond acceptors (Lipinski definition) is 3. The summed E-state index contributed by atoms with van der Waals surface area (Å²) in [6.07, 6.45) is -12.7. The number of rotatable bonds is 4. The highest BCUT2D eigenvalue weighted by Crippen LogP contribution is 2.24. The maximum absolute atomic E-state index is 12.5. The molecule has 0 aliphatic rings. The monoisotopic (exact) mass is 326 g/mol. The molecule has 1 N–H and O–H groups in total. The topological polar surface area (TPSA) is 58.5 Å². The summed E-state index contributed by atoms with van der Waals surface area (Å²) >= 11 is 0. The van der Waals surface area contributed by atoms with Crippen molar-refractivity contribution < 1.29 is 35.9 Å². The number of hydrogen-bond donors (Lipinski definition) is 1. The minimum absolute atomic E-state index is 0.0464. The van der Waals surface area contributed by atoms with Crippen molar-refractivity contribution in [2.45, 2.75) is 18.8 Å². The summed E-state index contributed by atoms with van der Waals surface area (Å²) in [4.78, 5) is 22.1. The molecule has 0 saturated carbocycles. The van der Waals surface area contributed by atoms with E-state index in [0.717, 1.165) is 0 Å². The normalized spacial score (nSPS) is 12.9. The van der Waals surface area contributed by atoms with Crippen molar-refractivity contribution in [3.8, 4) is 0 Å². The molecule has 1 rings (SSSR count). The Morgan fingerprint density at radius 1 is 0.955 bits per heavy atom. The Morgan fingerprint density at radius 2 is 1.50 bits per heavy atom. The highest BCUT2D eigenvalue weighted by molar-refractivity contribution is 6.07. The van der Waals surface area contributed by atoms with E-state index in [-0.39, 0.29) is 5.56 Å². The van der Waals surface area contributed by atoms with E-state index in [1.165, 1.54) is 29.7 Å². The fourth-order valence-corrected chi connectivity index (χ4v) is 1.23. The zero-order valence-electron chi connectivity index (χ0n) is 10.6. The molecular weight excluding hydrogens is 318 g/mol. The molecule has 0 saturated heterocycles. The van der Waals surface area contributed by atoms with Crippen LogP contribution in [0.5, 0.6) is 0 Å². The molecular formula is C12H8F6N2O2. The van der Waals surface area contributed by atoms with Crippen LogP contribution in [0, 0.1) is 0 Å². The van der Waals surface area contributed by atoms with Crippen LogP contribution in [-0.4, -0.2) is 29.8 Å². The van der Waals surface area contributed by atoms with Gasteiger partial charge in [-0.1, -0.05) is 18.2 Å². The van der Waals surface area contributed by atoms with Gasteiger partial charge in [0.2, 0.25) is 5.78 Å². The number of carbonyl (C=O) groups is 2. The third-order valence-corrected chi connectivity index (χ3v) is 2.30. The summed E-state index contributed by atoms with van der Waals surface area (Å²) in [6.45, 7) is 0. The van der Waals surface area contributed by atoms with Gasteiger partial charge in [-0.2, -0.15) is 31.4 Å². The van der Waals surface area contributed by atoms with Gasteiger partial charge >= 0.3 is 12.4 Å². The Kier molecular flexibility index (Phi) is 5.28. The Labute approximate surface area is 119 Å². The molecule has 4 nitrogen and oxygen atoms in total. The van der Waals surface area contributed by atoms with Crippen LogP contribution in [0.15, 0.2) is 35.4 Å². The maximum atomic E-state index is 12.5. The standard InChI is InChI=1S/C12H8F6N2O2/c13-11(14,15)8(6-9(21)12(16,17)18)19-20-10(22)7-4-2-1-3-5-7/h1-5H,6H2,(H,20,22). The predicted octanol–water partition coefficient (Wildman–Crippen LogP) is 2.86. The van der Waals surface area contributed by atoms with Crippen molar-refractivity contribution in [1.82, 2.24) is 5.43 Å². The van der Waals surface area contributed by atoms with E-state index in [0.29, 0.717) is 0 Å². The van der Waals surface area contributed by atoms with Crippen LogP contribution in [0.4, 0.5) is 26.3 Å². The van der Waals surface area contributed by atoms with Crippen molar-refractivity contribution in [1.29, 1.82) is 0 Å². The van der Waals surface area contributed by atoms with Gasteiger partial charge in [0.15, 0.2) is 0 Å². The van der Waals surface area contributed by atoms with Gasteiger partial charge in [-0.15, -0.1) is 0 Å². The first-order valence-corrected chi connectivity index (χ1v) is 5.61. The molecule has 0 unspecified atom stereocenters. The number of carbonyl (C=O) groups excluding carboxylic acids is 2. The van der Waals surface area contributed by atoms with Crippen LogP contribution in [0.3, 0.4) is 0 Å². The number of nitrogens with one attached hydrogen (secondary N) is 1. The lowest BCUT2D eigenvalue weighted by Crippen LogP contribution is -2.34. The summed E-state index contributed by atoms with van der Waals surface area (Å²) in [6, 6.07) is 6.92. The predicted molar refractivity (Wildman–Crippen MR) is 63.1 cm³/mol. The molecule has 0 fully saturated rings. The first-order valence-electron chi connectivity index (χ1n) is 5.61. The molecule has 10 heteroatoms. The lowest BCUT2D eigenvalue weighted by molar-refractivity contribution is -0.170. The van der Waals surface area contributed by atoms with Crippen molar-refractivity contribution in [2.24, 2.45) is 5.10 Å². The molecule has 0 aliphatic heterocycles. The lowest BCUT2D eigenvalue weighted by Gasteiger charge is -2.11. The molecule has 0 spiro atoms. The van der Waals surface area contributed by atoms with E-state index >= 15 is 0 Å². The number of halogens is 6. The largest absolute Gasteiger partial charge is 0.450 e. The molecule has 22 heavy (non-hydrogen) atoms. The summed E-state index contributed by atoms with van der Waals surface area (Å²) < 4.78 is 73.6. The summed E-state index contributed by atoms with van der Waals surface area (Å²) in [5.74, 6) is -3.67. The first kappa shape index (κ1) is 17.7. The SMILES string of the molecule is O=C(NN=C(CC(=O)C(F)(F)F)C(F)(F)F)c1ccccc1. The molecule has 0 aliphatic carbocycles. The van der Waals surface area contributed by atoms with E-state index in [9.17, 15) is 35.9 Å². The number of Topliss-reactive ketones (excluding diaryl/α,β-unsaturated/α-hetero) is 1. The second kappa shape index (κ2) is 6.58. The molecule has 1 amide bonds. The molecule has 1 aromatic carbocycles. The zero-order chi connectivity index (χ0) is 17.0. The third kappa shape index (κ3) is 5.19. The van der Waals surface area contributed by atoms with E-state index in [1.54, 1.807) is 6.07 Å². The van der Waals surface area contributed by atoms with Crippen molar-refractivity contribution in [3.63, 3.8) is 0 Å². The number of hydrazone groups is 1. The first-order chi connectivity index (χ1) is 10.0. The Balaban J connectivity index is 2.89. The van der Waals surface area contributed by atoms with Gasteiger partial charge in [0.05, 0.1) is 6.42 Å². The highest BCUT2D eigenvalue weighted by atomic mass is 19.4. The number of benzene rings is 1. The average molecular weight is 326 g/mol. The van der Waals surface area contributed by atoms with Crippen LogP contribution < -0.4 is 5.43 Å². The Hall–Kier alpha value is -2.39. The van der Waals surface area contributed by atoms with Gasteiger partial charge in [0.25, 0.3) is 5.91 Å². The van der Waals surface area contributed by atoms with Gasteiger partial charge in [0, 0.05) is 5.56 Å². The smallest absolute Gasteiger partial charge is 0.289 e. The third-order valence-electron chi connectivity index (χ3n) is 2.30. The molecule has 0 heterocycles. The van der Waals surface area contributed by atoms with Gasteiger partial charge in [0.1, 0.15) is 5.71 Å². The molecule has 0 aromatic heterocycles. The quantitative estimate of drug-likeness (QED) is 0.525. The zero-order valence-corrected chi connectivity index (χ0v) is 10.6. The molecule has 120 valence electrons. The van der Waals surface area contributed by atoms with Crippen molar-refractivity contribution >= 4 is 17.4 Å². The number of ketones is 1. The Morgan fingerprint density at radius 3 is 1.95 bits per heavy atom. The fraction of sp³-hybridized carbons (Fsp3) is 0.250. The molecule has 1 aromatic rings. The van der Waals surface area contributed by atoms with Crippen LogP contribution in [0.1, 0.15) is 16.8 Å². The van der Waals surface area contributed by atoms with E-state index < -0.39 is 36.2 Å². The fourth-order valence-electron chi connectivity index (χ4n) is 1.23. The second-order valence-electron chi connectivity index (χ2n) is 3.96. The molecule has 0 radical (unpaired) electrons. The van der Waals surface area contributed by atoms with Crippen molar-refractivity contribution in [3.05, 3.63) is 35.9 Å². The van der Waals surface area contributed by atoms with Gasteiger partial charge < -0.3 is 0 Å². The molecule has 0 atom stereocenters. The van der Waals surface area contributed by atoms with E-state index in [4.69, 9.17) is 0 Å². The maximum Gasteiger partial charge on any atom is 0.450 e. The summed E-state index contributed by atoms with van der Waals surface area (Å²) in [5, 5.41) is 2.60. The van der Waals surface area contributed by atoms with Crippen LogP contribution in [0.25, 0.3) is 0 Å². The number of amides is 1. The molecule has 0 bridgehead atoms. The number of nitrogens with zero attached hydrogens (tertiary/aromatic N) is 1. The average Bonchev–Trinajstić information content (AvgIpc) is 2.41. The van der Waals surface area contributed by atoms with Crippen LogP contribution in [0.2, 0.25) is 0 Å². The van der Waals surface area contributed by atoms with E-state index in [1.807, 2.05) is 0 Å². The van der Waals surface area contributed by atoms with E-state index in [2.05, 4.69) is 5.10 Å². The van der Waals surface area contributed by atoms with Gasteiger partial charge in [-0.25, -0.2) is 5.43 Å². The Bertz CT molecular complexity index is 578.